The van der Waals surface area contributed by atoms with Crippen molar-refractivity contribution in [2.45, 2.75) is 16.1 Å². The van der Waals surface area contributed by atoms with Gasteiger partial charge in [-0.1, -0.05) is 23.7 Å². The van der Waals surface area contributed by atoms with Crippen molar-refractivity contribution in [2.75, 3.05) is 13.7 Å². The second kappa shape index (κ2) is 6.41. The molecule has 0 radical (unpaired) electrons. The fourth-order valence-corrected chi connectivity index (χ4v) is 5.79. The molecule has 4 nitrogen and oxygen atoms in total. The minimum atomic E-state index is -3.79. The Kier molecular flexibility index (Phi) is 4.58. The van der Waals surface area contributed by atoms with Crippen molar-refractivity contribution in [3.63, 3.8) is 0 Å². The van der Waals surface area contributed by atoms with Crippen molar-refractivity contribution in [2.24, 2.45) is 5.41 Å². The Bertz CT molecular complexity index is 922. The molecule has 1 aliphatic rings. The predicted octanol–water partition coefficient (Wildman–Crippen LogP) is 3.58. The van der Waals surface area contributed by atoms with Gasteiger partial charge in [0.1, 0.15) is 11.2 Å². The van der Waals surface area contributed by atoms with Crippen LogP contribution in [0.2, 0.25) is 5.02 Å². The van der Waals surface area contributed by atoms with Gasteiger partial charge in [0.05, 0.1) is 22.8 Å². The normalized spacial score (nSPS) is 25.4. The first-order chi connectivity index (χ1) is 11.9. The van der Waals surface area contributed by atoms with Gasteiger partial charge in [0.15, 0.2) is 9.84 Å². The van der Waals surface area contributed by atoms with E-state index in [0.717, 1.165) is 0 Å². The van der Waals surface area contributed by atoms with E-state index >= 15 is 0 Å². The third kappa shape index (κ3) is 2.93. The van der Waals surface area contributed by atoms with E-state index in [2.05, 4.69) is 6.07 Å². The quantitative estimate of drug-likeness (QED) is 0.796. The van der Waals surface area contributed by atoms with E-state index in [4.69, 9.17) is 16.3 Å². The first kappa shape index (κ1) is 17.9. The molecule has 130 valence electrons. The lowest BCUT2D eigenvalue weighted by Crippen LogP contribution is -2.19. The standard InChI is InChI=1S/C18H15ClFNO3S/c1-24-11-18(10-21)16(12-2-6-14(20)7-3-12)17(18)25(22,23)15-8-4-13(19)5-9-15/h2-9,16-17H,11H2,1H3/t16-,17-,18+/m0/s1. The summed E-state index contributed by atoms with van der Waals surface area (Å²) in [6.45, 7) is -0.0248. The van der Waals surface area contributed by atoms with Crippen LogP contribution in [0.1, 0.15) is 11.5 Å². The number of hydrogen-bond acceptors (Lipinski definition) is 4. The van der Waals surface area contributed by atoms with Crippen molar-refractivity contribution in [1.82, 2.24) is 0 Å². The highest BCUT2D eigenvalue weighted by molar-refractivity contribution is 7.92. The summed E-state index contributed by atoms with van der Waals surface area (Å²) >= 11 is 5.83. The molecule has 0 unspecified atom stereocenters. The highest BCUT2D eigenvalue weighted by Gasteiger charge is 2.72. The van der Waals surface area contributed by atoms with Gasteiger partial charge in [-0.2, -0.15) is 5.26 Å². The van der Waals surface area contributed by atoms with Gasteiger partial charge in [0.25, 0.3) is 0 Å². The molecule has 3 atom stereocenters. The number of ether oxygens (including phenoxy) is 1. The lowest BCUT2D eigenvalue weighted by atomic mass is 10.0. The van der Waals surface area contributed by atoms with Crippen LogP contribution in [-0.2, 0) is 14.6 Å². The molecule has 0 heterocycles. The summed E-state index contributed by atoms with van der Waals surface area (Å²) in [5.41, 5.74) is -0.604. The summed E-state index contributed by atoms with van der Waals surface area (Å²) in [4.78, 5) is 0.0993. The van der Waals surface area contributed by atoms with Crippen LogP contribution in [0.3, 0.4) is 0 Å². The Morgan fingerprint density at radius 2 is 1.80 bits per heavy atom. The maximum atomic E-state index is 13.2. The smallest absolute Gasteiger partial charge is 0.183 e. The zero-order chi connectivity index (χ0) is 18.2. The van der Waals surface area contributed by atoms with E-state index in [1.54, 1.807) is 0 Å². The average Bonchev–Trinajstić information content (AvgIpc) is 3.26. The Balaban J connectivity index is 2.07. The molecule has 2 aromatic carbocycles. The van der Waals surface area contributed by atoms with Gasteiger partial charge in [-0.05, 0) is 42.0 Å². The van der Waals surface area contributed by atoms with Crippen LogP contribution in [0.25, 0.3) is 0 Å². The molecule has 0 spiro atoms. The van der Waals surface area contributed by atoms with Crippen LogP contribution in [0.15, 0.2) is 53.4 Å². The molecule has 0 saturated heterocycles. The zero-order valence-electron chi connectivity index (χ0n) is 13.3. The third-order valence-corrected chi connectivity index (χ3v) is 7.10. The van der Waals surface area contributed by atoms with Crippen molar-refractivity contribution in [3.05, 3.63) is 64.9 Å². The SMILES string of the molecule is COC[C@]1(C#N)[C@@H](c2ccc(F)cc2)[C@@H]1S(=O)(=O)c1ccc(Cl)cc1. The van der Waals surface area contributed by atoms with Gasteiger partial charge >= 0.3 is 0 Å². The lowest BCUT2D eigenvalue weighted by molar-refractivity contribution is 0.162. The molecule has 0 N–H and O–H groups in total. The molecule has 1 fully saturated rings. The van der Waals surface area contributed by atoms with Crippen LogP contribution in [0.5, 0.6) is 0 Å². The van der Waals surface area contributed by atoms with Crippen LogP contribution < -0.4 is 0 Å². The Labute approximate surface area is 150 Å². The molecule has 0 bridgehead atoms. The van der Waals surface area contributed by atoms with E-state index in [1.807, 2.05) is 0 Å². The maximum absolute atomic E-state index is 13.2. The molecule has 1 saturated carbocycles. The minimum absolute atomic E-state index is 0.0248. The largest absolute Gasteiger partial charge is 0.383 e. The summed E-state index contributed by atoms with van der Waals surface area (Å²) < 4.78 is 44.5. The molecule has 3 rings (SSSR count). The Hall–Kier alpha value is -1.94. The van der Waals surface area contributed by atoms with Gasteiger partial charge in [0, 0.05) is 18.1 Å². The number of nitrogens with zero attached hydrogens (tertiary/aromatic N) is 1. The van der Waals surface area contributed by atoms with E-state index in [0.29, 0.717) is 10.6 Å². The second-order valence-corrected chi connectivity index (χ2v) is 8.54. The fraction of sp³-hybridized carbons (Fsp3) is 0.278. The molecular weight excluding hydrogens is 365 g/mol. The zero-order valence-corrected chi connectivity index (χ0v) is 14.9. The number of methoxy groups -OCH3 is 1. The van der Waals surface area contributed by atoms with E-state index in [1.165, 1.54) is 55.6 Å². The van der Waals surface area contributed by atoms with Gasteiger partial charge in [-0.25, -0.2) is 12.8 Å². The number of halogens is 2. The molecule has 25 heavy (non-hydrogen) atoms. The summed E-state index contributed by atoms with van der Waals surface area (Å²) in [7, 11) is -2.37. The Morgan fingerprint density at radius 1 is 1.20 bits per heavy atom. The third-order valence-electron chi connectivity index (χ3n) is 4.55. The number of rotatable bonds is 5. The molecule has 0 aliphatic heterocycles. The van der Waals surface area contributed by atoms with Crippen molar-refractivity contribution in [3.8, 4) is 6.07 Å². The summed E-state index contributed by atoms with van der Waals surface area (Å²) in [6.07, 6.45) is 0. The van der Waals surface area contributed by atoms with E-state index < -0.39 is 32.2 Å². The van der Waals surface area contributed by atoms with E-state index in [-0.39, 0.29) is 11.5 Å². The minimum Gasteiger partial charge on any atom is -0.383 e. The van der Waals surface area contributed by atoms with Crippen molar-refractivity contribution < 1.29 is 17.5 Å². The highest BCUT2D eigenvalue weighted by Crippen LogP contribution is 2.63. The topological polar surface area (TPSA) is 67.2 Å². The molecule has 1 aliphatic carbocycles. The molecular formula is C18H15ClFNO3S. The van der Waals surface area contributed by atoms with E-state index in [9.17, 15) is 18.1 Å². The van der Waals surface area contributed by atoms with Gasteiger partial charge in [0.2, 0.25) is 0 Å². The average molecular weight is 380 g/mol. The van der Waals surface area contributed by atoms with Crippen LogP contribution in [0, 0.1) is 22.6 Å². The molecule has 7 heteroatoms. The predicted molar refractivity (Wildman–Crippen MR) is 91.5 cm³/mol. The summed E-state index contributed by atoms with van der Waals surface area (Å²) in [5, 5.41) is 9.17. The number of benzene rings is 2. The molecule has 0 amide bonds. The van der Waals surface area contributed by atoms with Gasteiger partial charge < -0.3 is 4.74 Å². The van der Waals surface area contributed by atoms with Crippen LogP contribution in [-0.4, -0.2) is 27.4 Å². The van der Waals surface area contributed by atoms with Crippen LogP contribution >= 0.6 is 11.6 Å². The first-order valence-electron chi connectivity index (χ1n) is 7.52. The molecule has 2 aromatic rings. The fourth-order valence-electron chi connectivity index (χ4n) is 3.35. The van der Waals surface area contributed by atoms with Crippen molar-refractivity contribution >= 4 is 21.4 Å². The first-order valence-corrected chi connectivity index (χ1v) is 9.44. The summed E-state index contributed by atoms with van der Waals surface area (Å²) in [5.74, 6) is -1.01. The number of hydrogen-bond donors (Lipinski definition) is 0. The Morgan fingerprint density at radius 3 is 2.32 bits per heavy atom. The monoisotopic (exact) mass is 379 g/mol. The highest BCUT2D eigenvalue weighted by atomic mass is 35.5. The van der Waals surface area contributed by atoms with Gasteiger partial charge in [-0.15, -0.1) is 0 Å². The maximum Gasteiger partial charge on any atom is 0.183 e. The number of nitriles is 1. The lowest BCUT2D eigenvalue weighted by Gasteiger charge is -2.08. The van der Waals surface area contributed by atoms with Crippen molar-refractivity contribution in [1.29, 1.82) is 5.26 Å². The van der Waals surface area contributed by atoms with Crippen LogP contribution in [0.4, 0.5) is 4.39 Å². The van der Waals surface area contributed by atoms with Gasteiger partial charge in [-0.3, -0.25) is 0 Å². The summed E-state index contributed by atoms with van der Waals surface area (Å²) in [6, 6.07) is 13.5. The molecule has 0 aromatic heterocycles. The second-order valence-electron chi connectivity index (χ2n) is 6.03. The number of sulfone groups is 1.